The lowest BCUT2D eigenvalue weighted by Crippen LogP contribution is -2.45. The summed E-state index contributed by atoms with van der Waals surface area (Å²) in [5, 5.41) is 8.75. The van der Waals surface area contributed by atoms with E-state index in [9.17, 15) is 4.79 Å². The molecule has 0 spiro atoms. The van der Waals surface area contributed by atoms with Crippen LogP contribution in [0.1, 0.15) is 19.3 Å². The summed E-state index contributed by atoms with van der Waals surface area (Å²) in [5.74, 6) is -0.767. The van der Waals surface area contributed by atoms with Crippen molar-refractivity contribution in [3.05, 3.63) is 0 Å². The Hall–Kier alpha value is -0.650. The van der Waals surface area contributed by atoms with Crippen molar-refractivity contribution in [2.75, 3.05) is 45.9 Å². The zero-order valence-electron chi connectivity index (χ0n) is 10.3. The Labute approximate surface area is 102 Å². The summed E-state index contributed by atoms with van der Waals surface area (Å²) < 4.78 is 5.45. The van der Waals surface area contributed by atoms with Gasteiger partial charge in [0.15, 0.2) is 0 Å². The molecule has 2 saturated heterocycles. The quantitative estimate of drug-likeness (QED) is 0.749. The average Bonchev–Trinajstić information content (AvgIpc) is 2.79. The van der Waals surface area contributed by atoms with Crippen LogP contribution >= 0.6 is 0 Å². The molecule has 0 aliphatic carbocycles. The Morgan fingerprint density at radius 3 is 2.59 bits per heavy atom. The first-order valence-electron chi connectivity index (χ1n) is 6.52. The van der Waals surface area contributed by atoms with Crippen LogP contribution in [0.2, 0.25) is 0 Å². The van der Waals surface area contributed by atoms with Crippen molar-refractivity contribution in [1.29, 1.82) is 0 Å². The maximum Gasteiger partial charge on any atom is 0.306 e. The molecule has 2 aliphatic rings. The summed E-state index contributed by atoms with van der Waals surface area (Å²) in [4.78, 5) is 15.5. The van der Waals surface area contributed by atoms with Crippen LogP contribution in [0.4, 0.5) is 0 Å². The van der Waals surface area contributed by atoms with E-state index in [-0.39, 0.29) is 12.5 Å². The number of carboxylic acids is 1. The standard InChI is InChI=1S/C12H22N2O3/c15-12(16)9-11-10-14(7-8-17-11)6-5-13-3-1-2-4-13/h11H,1-10H2,(H,15,16). The summed E-state index contributed by atoms with van der Waals surface area (Å²) in [7, 11) is 0. The molecule has 0 amide bonds. The Bertz CT molecular complexity index is 254. The molecule has 0 aromatic heterocycles. The van der Waals surface area contributed by atoms with Gasteiger partial charge in [-0.2, -0.15) is 0 Å². The highest BCUT2D eigenvalue weighted by molar-refractivity contribution is 5.67. The van der Waals surface area contributed by atoms with E-state index in [1.165, 1.54) is 25.9 Å². The van der Waals surface area contributed by atoms with E-state index in [0.29, 0.717) is 6.61 Å². The van der Waals surface area contributed by atoms with Crippen molar-refractivity contribution in [3.8, 4) is 0 Å². The largest absolute Gasteiger partial charge is 0.481 e. The van der Waals surface area contributed by atoms with Gasteiger partial charge in [-0.25, -0.2) is 0 Å². The molecule has 2 heterocycles. The molecule has 5 heteroatoms. The van der Waals surface area contributed by atoms with E-state index < -0.39 is 5.97 Å². The maximum atomic E-state index is 10.6. The van der Waals surface area contributed by atoms with Gasteiger partial charge in [-0.3, -0.25) is 9.69 Å². The normalized spacial score (nSPS) is 27.4. The van der Waals surface area contributed by atoms with Crippen LogP contribution in [0, 0.1) is 0 Å². The number of likely N-dealkylation sites (tertiary alicyclic amines) is 1. The summed E-state index contributed by atoms with van der Waals surface area (Å²) in [6, 6.07) is 0. The van der Waals surface area contributed by atoms with Crippen molar-refractivity contribution in [3.63, 3.8) is 0 Å². The molecular formula is C12H22N2O3. The molecule has 1 N–H and O–H groups in total. The molecule has 2 fully saturated rings. The number of carbonyl (C=O) groups is 1. The summed E-state index contributed by atoms with van der Waals surface area (Å²) in [6.45, 7) is 6.97. The van der Waals surface area contributed by atoms with Crippen molar-refractivity contribution >= 4 is 5.97 Å². The number of aliphatic carboxylic acids is 1. The second-order valence-electron chi connectivity index (χ2n) is 4.94. The summed E-state index contributed by atoms with van der Waals surface area (Å²) in [5.41, 5.74) is 0. The van der Waals surface area contributed by atoms with Gasteiger partial charge in [0, 0.05) is 26.2 Å². The summed E-state index contributed by atoms with van der Waals surface area (Å²) in [6.07, 6.45) is 2.65. The molecular weight excluding hydrogens is 220 g/mol. The molecule has 5 nitrogen and oxygen atoms in total. The monoisotopic (exact) mass is 242 g/mol. The van der Waals surface area contributed by atoms with Crippen LogP contribution in [-0.4, -0.2) is 72.9 Å². The molecule has 0 bridgehead atoms. The van der Waals surface area contributed by atoms with Gasteiger partial charge in [0.1, 0.15) is 0 Å². The van der Waals surface area contributed by atoms with Crippen LogP contribution in [-0.2, 0) is 9.53 Å². The SMILES string of the molecule is O=C(O)CC1CN(CCN2CCCC2)CCO1. The van der Waals surface area contributed by atoms with Crippen molar-refractivity contribution < 1.29 is 14.6 Å². The van der Waals surface area contributed by atoms with Crippen LogP contribution in [0.15, 0.2) is 0 Å². The zero-order chi connectivity index (χ0) is 12.1. The van der Waals surface area contributed by atoms with Gasteiger partial charge in [0.2, 0.25) is 0 Å². The van der Waals surface area contributed by atoms with Gasteiger partial charge in [-0.05, 0) is 25.9 Å². The topological polar surface area (TPSA) is 53.0 Å². The van der Waals surface area contributed by atoms with E-state index in [4.69, 9.17) is 9.84 Å². The molecule has 17 heavy (non-hydrogen) atoms. The summed E-state index contributed by atoms with van der Waals surface area (Å²) >= 11 is 0. The molecule has 98 valence electrons. The fourth-order valence-corrected chi connectivity index (χ4v) is 2.59. The van der Waals surface area contributed by atoms with Crippen molar-refractivity contribution in [1.82, 2.24) is 9.80 Å². The molecule has 2 aliphatic heterocycles. The van der Waals surface area contributed by atoms with E-state index in [1.54, 1.807) is 0 Å². The fraction of sp³-hybridized carbons (Fsp3) is 0.917. The van der Waals surface area contributed by atoms with Crippen LogP contribution in [0.25, 0.3) is 0 Å². The maximum absolute atomic E-state index is 10.6. The Morgan fingerprint density at radius 1 is 1.18 bits per heavy atom. The van der Waals surface area contributed by atoms with Crippen LogP contribution < -0.4 is 0 Å². The highest BCUT2D eigenvalue weighted by Gasteiger charge is 2.23. The Morgan fingerprint density at radius 2 is 1.88 bits per heavy atom. The smallest absolute Gasteiger partial charge is 0.306 e. The first-order chi connectivity index (χ1) is 8.24. The fourth-order valence-electron chi connectivity index (χ4n) is 2.59. The van der Waals surface area contributed by atoms with Gasteiger partial charge in [-0.1, -0.05) is 0 Å². The third-order valence-corrected chi connectivity index (χ3v) is 3.56. The minimum atomic E-state index is -0.767. The number of ether oxygens (including phenoxy) is 1. The third-order valence-electron chi connectivity index (χ3n) is 3.56. The highest BCUT2D eigenvalue weighted by Crippen LogP contribution is 2.10. The van der Waals surface area contributed by atoms with Crippen molar-refractivity contribution in [2.24, 2.45) is 0 Å². The Kier molecular flexibility index (Phi) is 4.76. The lowest BCUT2D eigenvalue weighted by molar-refractivity contribution is -0.142. The second-order valence-corrected chi connectivity index (χ2v) is 4.94. The molecule has 0 aromatic carbocycles. The molecule has 2 rings (SSSR count). The van der Waals surface area contributed by atoms with Crippen molar-refractivity contribution in [2.45, 2.75) is 25.4 Å². The van der Waals surface area contributed by atoms with E-state index in [2.05, 4.69) is 9.80 Å². The van der Waals surface area contributed by atoms with Gasteiger partial charge in [-0.15, -0.1) is 0 Å². The molecule has 1 unspecified atom stereocenters. The first-order valence-corrected chi connectivity index (χ1v) is 6.52. The molecule has 0 aromatic rings. The van der Waals surface area contributed by atoms with E-state index in [0.717, 1.165) is 26.2 Å². The Balaban J connectivity index is 1.67. The molecule has 1 atom stereocenters. The number of morpholine rings is 1. The average molecular weight is 242 g/mol. The minimum Gasteiger partial charge on any atom is -0.481 e. The van der Waals surface area contributed by atoms with Crippen LogP contribution in [0.5, 0.6) is 0 Å². The number of carboxylic acid groups (broad SMARTS) is 1. The number of hydrogen-bond acceptors (Lipinski definition) is 4. The third kappa shape index (κ3) is 4.26. The first kappa shape index (κ1) is 12.8. The second kappa shape index (κ2) is 6.33. The van der Waals surface area contributed by atoms with Gasteiger partial charge < -0.3 is 14.7 Å². The lowest BCUT2D eigenvalue weighted by atomic mass is 10.2. The van der Waals surface area contributed by atoms with E-state index in [1.807, 2.05) is 0 Å². The number of rotatable bonds is 5. The van der Waals surface area contributed by atoms with Gasteiger partial charge >= 0.3 is 5.97 Å². The minimum absolute atomic E-state index is 0.125. The lowest BCUT2D eigenvalue weighted by Gasteiger charge is -2.33. The van der Waals surface area contributed by atoms with E-state index >= 15 is 0 Å². The molecule has 0 saturated carbocycles. The predicted molar refractivity (Wildman–Crippen MR) is 64.1 cm³/mol. The van der Waals surface area contributed by atoms with Gasteiger partial charge in [0.05, 0.1) is 19.1 Å². The highest BCUT2D eigenvalue weighted by atomic mass is 16.5. The number of nitrogens with zero attached hydrogens (tertiary/aromatic N) is 2. The molecule has 0 radical (unpaired) electrons. The van der Waals surface area contributed by atoms with Crippen LogP contribution in [0.3, 0.4) is 0 Å². The number of hydrogen-bond donors (Lipinski definition) is 1. The predicted octanol–water partition coefficient (Wildman–Crippen LogP) is 0.258. The zero-order valence-corrected chi connectivity index (χ0v) is 10.3. The van der Waals surface area contributed by atoms with Gasteiger partial charge in [0.25, 0.3) is 0 Å².